The third-order valence-corrected chi connectivity index (χ3v) is 3.66. The van der Waals surface area contributed by atoms with Crippen LogP contribution in [0.2, 0.25) is 5.02 Å². The number of hydrogen-bond donors (Lipinski definition) is 2. The molecule has 0 unspecified atom stereocenters. The van der Waals surface area contributed by atoms with Crippen LogP contribution >= 0.6 is 27.5 Å². The summed E-state index contributed by atoms with van der Waals surface area (Å²) >= 11 is 9.09. The van der Waals surface area contributed by atoms with Crippen LogP contribution < -0.4 is 10.7 Å². The Morgan fingerprint density at radius 2 is 2.00 bits per heavy atom. The molecule has 0 aromatic heterocycles. The number of carbonyl (C=O) groups is 2. The van der Waals surface area contributed by atoms with Gasteiger partial charge in [0.1, 0.15) is 5.82 Å². The molecule has 2 rings (SSSR count). The van der Waals surface area contributed by atoms with E-state index in [1.807, 2.05) is 24.3 Å². The van der Waals surface area contributed by atoms with Crippen LogP contribution in [-0.2, 0) is 4.79 Å². The molecule has 0 aliphatic heterocycles. The SMILES string of the molecule is O=C(CNC(=O)c1c(F)cccc1Cl)N/N=C/c1cccc(Br)c1. The second-order valence-electron chi connectivity index (χ2n) is 4.63. The van der Waals surface area contributed by atoms with Crippen molar-refractivity contribution in [3.05, 3.63) is 68.9 Å². The van der Waals surface area contributed by atoms with E-state index in [1.165, 1.54) is 18.3 Å². The molecule has 2 aromatic rings. The third-order valence-electron chi connectivity index (χ3n) is 2.85. The predicted molar refractivity (Wildman–Crippen MR) is 93.6 cm³/mol. The first-order chi connectivity index (χ1) is 11.5. The van der Waals surface area contributed by atoms with E-state index in [2.05, 4.69) is 31.8 Å². The minimum atomic E-state index is -0.774. The number of rotatable bonds is 5. The van der Waals surface area contributed by atoms with Crippen molar-refractivity contribution in [2.45, 2.75) is 0 Å². The molecular weight excluding hydrogens is 401 g/mol. The molecule has 8 heteroatoms. The molecule has 0 aliphatic rings. The number of hydrogen-bond acceptors (Lipinski definition) is 3. The zero-order chi connectivity index (χ0) is 17.5. The lowest BCUT2D eigenvalue weighted by atomic mass is 10.2. The van der Waals surface area contributed by atoms with E-state index >= 15 is 0 Å². The number of nitrogens with zero attached hydrogens (tertiary/aromatic N) is 1. The van der Waals surface area contributed by atoms with Crippen molar-refractivity contribution in [2.24, 2.45) is 5.10 Å². The lowest BCUT2D eigenvalue weighted by molar-refractivity contribution is -0.120. The van der Waals surface area contributed by atoms with Gasteiger partial charge >= 0.3 is 0 Å². The van der Waals surface area contributed by atoms with Crippen molar-refractivity contribution >= 4 is 45.6 Å². The second-order valence-corrected chi connectivity index (χ2v) is 5.95. The van der Waals surface area contributed by atoms with Gasteiger partial charge in [-0.15, -0.1) is 0 Å². The molecule has 5 nitrogen and oxygen atoms in total. The molecule has 0 saturated carbocycles. The van der Waals surface area contributed by atoms with Gasteiger partial charge in [-0.05, 0) is 29.8 Å². The molecule has 24 heavy (non-hydrogen) atoms. The Labute approximate surface area is 151 Å². The van der Waals surface area contributed by atoms with Gasteiger partial charge in [0.2, 0.25) is 0 Å². The molecule has 2 aromatic carbocycles. The van der Waals surface area contributed by atoms with Gasteiger partial charge in [0, 0.05) is 4.47 Å². The van der Waals surface area contributed by atoms with E-state index in [-0.39, 0.29) is 17.1 Å². The van der Waals surface area contributed by atoms with E-state index in [9.17, 15) is 14.0 Å². The summed E-state index contributed by atoms with van der Waals surface area (Å²) in [6.45, 7) is -0.362. The summed E-state index contributed by atoms with van der Waals surface area (Å²) in [5.74, 6) is -2.08. The topological polar surface area (TPSA) is 70.6 Å². The molecular formula is C16H12BrClFN3O2. The molecule has 2 amide bonds. The van der Waals surface area contributed by atoms with Crippen molar-refractivity contribution in [3.63, 3.8) is 0 Å². The molecule has 0 radical (unpaired) electrons. The van der Waals surface area contributed by atoms with Crippen molar-refractivity contribution < 1.29 is 14.0 Å². The van der Waals surface area contributed by atoms with Crippen LogP contribution in [-0.4, -0.2) is 24.6 Å². The van der Waals surface area contributed by atoms with Crippen molar-refractivity contribution in [2.75, 3.05) is 6.54 Å². The highest BCUT2D eigenvalue weighted by molar-refractivity contribution is 9.10. The van der Waals surface area contributed by atoms with Crippen LogP contribution in [0.15, 0.2) is 52.0 Å². The standard InChI is InChI=1S/C16H12BrClFN3O2/c17-11-4-1-3-10(7-11)8-21-22-14(23)9-20-16(24)15-12(18)5-2-6-13(15)19/h1-8H,9H2,(H,20,24)(H,22,23)/b21-8+. The maximum atomic E-state index is 13.6. The predicted octanol–water partition coefficient (Wildman–Crippen LogP) is 3.12. The molecule has 0 saturated heterocycles. The first-order valence-corrected chi connectivity index (χ1v) is 7.94. The van der Waals surface area contributed by atoms with Gasteiger partial charge < -0.3 is 5.32 Å². The number of nitrogens with one attached hydrogen (secondary N) is 2. The molecule has 0 fully saturated rings. The fourth-order valence-electron chi connectivity index (χ4n) is 1.77. The number of benzene rings is 2. The number of carbonyl (C=O) groups excluding carboxylic acids is 2. The molecule has 0 atom stereocenters. The zero-order valence-corrected chi connectivity index (χ0v) is 14.6. The third kappa shape index (κ3) is 5.14. The van der Waals surface area contributed by atoms with Crippen molar-refractivity contribution in [1.82, 2.24) is 10.7 Å². The van der Waals surface area contributed by atoms with E-state index in [1.54, 1.807) is 0 Å². The quantitative estimate of drug-likeness (QED) is 0.585. The average molecular weight is 413 g/mol. The van der Waals surface area contributed by atoms with Crippen LogP contribution in [0, 0.1) is 5.82 Å². The van der Waals surface area contributed by atoms with Crippen LogP contribution in [0.5, 0.6) is 0 Å². The number of halogens is 3. The molecule has 0 spiro atoms. The Morgan fingerprint density at radius 1 is 1.25 bits per heavy atom. The molecule has 0 aliphatic carbocycles. The monoisotopic (exact) mass is 411 g/mol. The first kappa shape index (κ1) is 18.1. The highest BCUT2D eigenvalue weighted by Crippen LogP contribution is 2.18. The molecule has 2 N–H and O–H groups in total. The van der Waals surface area contributed by atoms with Crippen LogP contribution in [0.1, 0.15) is 15.9 Å². The average Bonchev–Trinajstić information content (AvgIpc) is 2.53. The molecule has 124 valence electrons. The Hall–Kier alpha value is -2.25. The summed E-state index contributed by atoms with van der Waals surface area (Å²) in [5, 5.41) is 6.03. The molecule has 0 heterocycles. The minimum absolute atomic E-state index is 0.0272. The van der Waals surface area contributed by atoms with Gasteiger partial charge in [-0.25, -0.2) is 9.82 Å². The van der Waals surface area contributed by atoms with Crippen molar-refractivity contribution in [3.8, 4) is 0 Å². The van der Waals surface area contributed by atoms with Crippen LogP contribution in [0.25, 0.3) is 0 Å². The van der Waals surface area contributed by atoms with Gasteiger partial charge in [-0.1, -0.05) is 45.7 Å². The highest BCUT2D eigenvalue weighted by atomic mass is 79.9. The summed E-state index contributed by atoms with van der Waals surface area (Å²) < 4.78 is 14.5. The van der Waals surface area contributed by atoms with Gasteiger partial charge in [0.25, 0.3) is 11.8 Å². The Morgan fingerprint density at radius 3 is 2.71 bits per heavy atom. The van der Waals surface area contributed by atoms with Crippen LogP contribution in [0.3, 0.4) is 0 Å². The summed E-state index contributed by atoms with van der Waals surface area (Å²) in [7, 11) is 0. The Balaban J connectivity index is 1.86. The normalized spacial score (nSPS) is 10.6. The van der Waals surface area contributed by atoms with Crippen LogP contribution in [0.4, 0.5) is 4.39 Å². The number of amides is 2. The first-order valence-electron chi connectivity index (χ1n) is 6.77. The second kappa shape index (κ2) is 8.56. The largest absolute Gasteiger partial charge is 0.343 e. The maximum absolute atomic E-state index is 13.6. The Kier molecular flexibility index (Phi) is 6.45. The highest BCUT2D eigenvalue weighted by Gasteiger charge is 2.16. The van der Waals surface area contributed by atoms with E-state index < -0.39 is 17.6 Å². The Bertz CT molecular complexity index is 778. The van der Waals surface area contributed by atoms with E-state index in [0.717, 1.165) is 16.1 Å². The smallest absolute Gasteiger partial charge is 0.259 e. The summed E-state index contributed by atoms with van der Waals surface area (Å²) in [6, 6.07) is 11.2. The van der Waals surface area contributed by atoms with Gasteiger partial charge in [-0.3, -0.25) is 9.59 Å². The van der Waals surface area contributed by atoms with Gasteiger partial charge in [0.05, 0.1) is 23.3 Å². The van der Waals surface area contributed by atoms with Gasteiger partial charge in [0.15, 0.2) is 0 Å². The molecule has 0 bridgehead atoms. The maximum Gasteiger partial charge on any atom is 0.259 e. The lowest BCUT2D eigenvalue weighted by Gasteiger charge is -2.06. The zero-order valence-electron chi connectivity index (χ0n) is 12.2. The summed E-state index contributed by atoms with van der Waals surface area (Å²) in [4.78, 5) is 23.5. The minimum Gasteiger partial charge on any atom is -0.343 e. The van der Waals surface area contributed by atoms with E-state index in [0.29, 0.717) is 0 Å². The fourth-order valence-corrected chi connectivity index (χ4v) is 2.43. The fraction of sp³-hybridized carbons (Fsp3) is 0.0625. The summed E-state index contributed by atoms with van der Waals surface area (Å²) in [5.41, 5.74) is 2.74. The van der Waals surface area contributed by atoms with Gasteiger partial charge in [-0.2, -0.15) is 5.10 Å². The lowest BCUT2D eigenvalue weighted by Crippen LogP contribution is -2.35. The number of hydrazone groups is 1. The summed E-state index contributed by atoms with van der Waals surface area (Å²) in [6.07, 6.45) is 1.46. The van der Waals surface area contributed by atoms with Crippen molar-refractivity contribution in [1.29, 1.82) is 0 Å². The van der Waals surface area contributed by atoms with E-state index in [4.69, 9.17) is 11.6 Å².